The van der Waals surface area contributed by atoms with Gasteiger partial charge < -0.3 is 0 Å². The number of rotatable bonds is 9. The molecule has 1 aromatic rings. The van der Waals surface area contributed by atoms with Gasteiger partial charge in [-0.3, -0.25) is 0 Å². The summed E-state index contributed by atoms with van der Waals surface area (Å²) in [4.78, 5) is 0. The van der Waals surface area contributed by atoms with E-state index in [-0.39, 0.29) is 0 Å². The van der Waals surface area contributed by atoms with Crippen molar-refractivity contribution in [1.29, 1.82) is 0 Å². The number of aromatic nitrogens is 2. The third kappa shape index (κ3) is 4.47. The maximum absolute atomic E-state index is 2.46. The minimum absolute atomic E-state index is 0.613. The van der Waals surface area contributed by atoms with E-state index in [1.807, 2.05) is 0 Å². The maximum atomic E-state index is 2.46. The van der Waals surface area contributed by atoms with Gasteiger partial charge in [-0.15, -0.1) is 0 Å². The van der Waals surface area contributed by atoms with Gasteiger partial charge in [-0.05, 0) is 19.3 Å². The molecule has 1 aromatic heterocycles. The molecule has 1 rings (SSSR count). The molecule has 0 saturated carbocycles. The lowest BCUT2D eigenvalue weighted by Crippen LogP contribution is -2.38. The standard InChI is InChI=1S/C16H31N2/c1-5-7-8-9-10-12-18-14-13-17(11-6-2)16(18)15(3)4/h13-15H,5-12H2,1-4H3/q+1. The average Bonchev–Trinajstić information content (AvgIpc) is 2.72. The zero-order chi connectivity index (χ0) is 13.4. The van der Waals surface area contributed by atoms with Crippen LogP contribution in [0.4, 0.5) is 0 Å². The molecular formula is C16H31N2+. The van der Waals surface area contributed by atoms with Crippen molar-refractivity contribution in [2.75, 3.05) is 0 Å². The van der Waals surface area contributed by atoms with Crippen molar-refractivity contribution in [3.05, 3.63) is 18.2 Å². The van der Waals surface area contributed by atoms with E-state index in [9.17, 15) is 0 Å². The molecule has 0 radical (unpaired) electrons. The van der Waals surface area contributed by atoms with Crippen molar-refractivity contribution in [1.82, 2.24) is 4.57 Å². The van der Waals surface area contributed by atoms with Crippen LogP contribution >= 0.6 is 0 Å². The van der Waals surface area contributed by atoms with Gasteiger partial charge in [-0.1, -0.05) is 47.0 Å². The first-order valence-corrected chi connectivity index (χ1v) is 7.79. The largest absolute Gasteiger partial charge is 0.258 e. The minimum atomic E-state index is 0.613. The van der Waals surface area contributed by atoms with Crippen LogP contribution in [0.3, 0.4) is 0 Å². The molecule has 0 bridgehead atoms. The third-order valence-electron chi connectivity index (χ3n) is 3.50. The molecule has 0 atom stereocenters. The van der Waals surface area contributed by atoms with Gasteiger partial charge in [0.2, 0.25) is 0 Å². The molecular weight excluding hydrogens is 220 g/mol. The topological polar surface area (TPSA) is 8.81 Å². The summed E-state index contributed by atoms with van der Waals surface area (Å²) in [6.45, 7) is 11.5. The highest BCUT2D eigenvalue weighted by Gasteiger charge is 2.19. The predicted octanol–water partition coefficient (Wildman–Crippen LogP) is 4.28. The second-order valence-electron chi connectivity index (χ2n) is 5.61. The van der Waals surface area contributed by atoms with E-state index < -0.39 is 0 Å². The lowest BCUT2D eigenvalue weighted by molar-refractivity contribution is -0.705. The Morgan fingerprint density at radius 2 is 1.78 bits per heavy atom. The molecule has 0 aliphatic carbocycles. The van der Waals surface area contributed by atoms with E-state index in [4.69, 9.17) is 0 Å². The highest BCUT2D eigenvalue weighted by atomic mass is 15.1. The third-order valence-corrected chi connectivity index (χ3v) is 3.50. The normalized spacial score (nSPS) is 11.4. The SMILES string of the molecule is CCCCCCC[n+]1ccn(CCC)c1C(C)C. The number of unbranched alkanes of at least 4 members (excludes halogenated alkanes) is 4. The van der Waals surface area contributed by atoms with Crippen LogP contribution in [0.1, 0.15) is 78.0 Å². The quantitative estimate of drug-likeness (QED) is 0.457. The van der Waals surface area contributed by atoms with Crippen molar-refractivity contribution in [2.45, 2.75) is 85.2 Å². The van der Waals surface area contributed by atoms with Gasteiger partial charge in [0.1, 0.15) is 12.4 Å². The maximum Gasteiger partial charge on any atom is 0.258 e. The van der Waals surface area contributed by atoms with E-state index in [1.165, 1.54) is 50.9 Å². The minimum Gasteiger partial charge on any atom is -0.234 e. The monoisotopic (exact) mass is 251 g/mol. The van der Waals surface area contributed by atoms with Crippen LogP contribution in [-0.4, -0.2) is 4.57 Å². The first-order valence-electron chi connectivity index (χ1n) is 7.79. The van der Waals surface area contributed by atoms with Crippen molar-refractivity contribution in [3.8, 4) is 0 Å². The molecule has 0 aromatic carbocycles. The molecule has 0 spiro atoms. The Labute approximate surface area is 113 Å². The molecule has 0 saturated heterocycles. The lowest BCUT2D eigenvalue weighted by Gasteiger charge is -2.07. The highest BCUT2D eigenvalue weighted by molar-refractivity contribution is 4.89. The Morgan fingerprint density at radius 3 is 2.39 bits per heavy atom. The molecule has 0 fully saturated rings. The number of aryl methyl sites for hydroxylation is 2. The summed E-state index contributed by atoms with van der Waals surface area (Å²) in [7, 11) is 0. The molecule has 1 heterocycles. The summed E-state index contributed by atoms with van der Waals surface area (Å²) < 4.78 is 4.89. The van der Waals surface area contributed by atoms with Gasteiger partial charge in [0, 0.05) is 0 Å². The summed E-state index contributed by atoms with van der Waals surface area (Å²) in [5.74, 6) is 2.11. The fourth-order valence-electron chi connectivity index (χ4n) is 2.65. The zero-order valence-electron chi connectivity index (χ0n) is 12.8. The van der Waals surface area contributed by atoms with Gasteiger partial charge in [-0.25, -0.2) is 9.13 Å². The smallest absolute Gasteiger partial charge is 0.234 e. The average molecular weight is 251 g/mol. The summed E-state index contributed by atoms with van der Waals surface area (Å²) in [5, 5.41) is 0. The van der Waals surface area contributed by atoms with E-state index >= 15 is 0 Å². The van der Waals surface area contributed by atoms with E-state index in [2.05, 4.69) is 49.2 Å². The number of nitrogens with zero attached hydrogens (tertiary/aromatic N) is 2. The Bertz CT molecular complexity index is 326. The van der Waals surface area contributed by atoms with Crippen LogP contribution in [-0.2, 0) is 13.1 Å². The Kier molecular flexibility index (Phi) is 7.07. The van der Waals surface area contributed by atoms with E-state index in [0.717, 1.165) is 6.54 Å². The van der Waals surface area contributed by atoms with Crippen LogP contribution in [0, 0.1) is 0 Å². The number of hydrogen-bond acceptors (Lipinski definition) is 0. The molecule has 2 nitrogen and oxygen atoms in total. The summed E-state index contributed by atoms with van der Waals surface area (Å²) >= 11 is 0. The Hall–Kier alpha value is -0.790. The summed E-state index contributed by atoms with van der Waals surface area (Å²) in [6, 6.07) is 0. The lowest BCUT2D eigenvalue weighted by atomic mass is 10.1. The fourth-order valence-corrected chi connectivity index (χ4v) is 2.65. The van der Waals surface area contributed by atoms with Crippen molar-refractivity contribution in [2.24, 2.45) is 0 Å². The van der Waals surface area contributed by atoms with Crippen molar-refractivity contribution >= 4 is 0 Å². The van der Waals surface area contributed by atoms with Crippen LogP contribution in [0.5, 0.6) is 0 Å². The molecule has 104 valence electrons. The molecule has 0 N–H and O–H groups in total. The molecule has 0 unspecified atom stereocenters. The van der Waals surface area contributed by atoms with E-state index in [0.29, 0.717) is 5.92 Å². The molecule has 2 heteroatoms. The summed E-state index contributed by atoms with van der Waals surface area (Å²) in [6.07, 6.45) is 12.5. The van der Waals surface area contributed by atoms with Gasteiger partial charge in [-0.2, -0.15) is 0 Å². The molecule has 0 amide bonds. The highest BCUT2D eigenvalue weighted by Crippen LogP contribution is 2.12. The second-order valence-corrected chi connectivity index (χ2v) is 5.61. The van der Waals surface area contributed by atoms with Crippen LogP contribution in [0.2, 0.25) is 0 Å². The zero-order valence-corrected chi connectivity index (χ0v) is 12.8. The number of imidazole rings is 1. The summed E-state index contributed by atoms with van der Waals surface area (Å²) in [5.41, 5.74) is 0. The molecule has 0 aliphatic heterocycles. The second kappa shape index (κ2) is 8.34. The van der Waals surface area contributed by atoms with Crippen LogP contribution < -0.4 is 4.57 Å². The predicted molar refractivity (Wildman–Crippen MR) is 77.8 cm³/mol. The van der Waals surface area contributed by atoms with Crippen LogP contribution in [0.15, 0.2) is 12.4 Å². The van der Waals surface area contributed by atoms with Crippen molar-refractivity contribution in [3.63, 3.8) is 0 Å². The van der Waals surface area contributed by atoms with Gasteiger partial charge in [0.15, 0.2) is 0 Å². The first-order chi connectivity index (χ1) is 8.70. The number of hydrogen-bond donors (Lipinski definition) is 0. The van der Waals surface area contributed by atoms with Crippen LogP contribution in [0.25, 0.3) is 0 Å². The van der Waals surface area contributed by atoms with Crippen molar-refractivity contribution < 1.29 is 4.57 Å². The molecule has 18 heavy (non-hydrogen) atoms. The van der Waals surface area contributed by atoms with E-state index in [1.54, 1.807) is 0 Å². The van der Waals surface area contributed by atoms with Gasteiger partial charge in [0.05, 0.1) is 19.0 Å². The fraction of sp³-hybridized carbons (Fsp3) is 0.812. The molecule has 0 aliphatic rings. The Morgan fingerprint density at radius 1 is 1.06 bits per heavy atom. The Balaban J connectivity index is 2.53. The van der Waals surface area contributed by atoms with Gasteiger partial charge >= 0.3 is 0 Å². The first kappa shape index (κ1) is 15.3. The van der Waals surface area contributed by atoms with Gasteiger partial charge in [0.25, 0.3) is 5.82 Å².